The van der Waals surface area contributed by atoms with E-state index >= 15 is 0 Å². The topological polar surface area (TPSA) is 92.8 Å². The molecule has 0 bridgehead atoms. The first-order valence-electron chi connectivity index (χ1n) is 8.38. The van der Waals surface area contributed by atoms with Crippen LogP contribution in [0.2, 0.25) is 0 Å². The second kappa shape index (κ2) is 9.87. The normalized spacial score (nSPS) is 12.1. The number of hydrogen-bond acceptors (Lipinski definition) is 5. The Bertz CT molecular complexity index is 794. The number of sulfonamides is 1. The van der Waals surface area contributed by atoms with Crippen molar-refractivity contribution in [2.24, 2.45) is 5.92 Å². The van der Waals surface area contributed by atoms with E-state index in [1.165, 1.54) is 12.0 Å². The summed E-state index contributed by atoms with van der Waals surface area (Å²) in [7, 11) is -3.12. The lowest BCUT2D eigenvalue weighted by Crippen LogP contribution is -2.42. The molecule has 158 valence electrons. The summed E-state index contributed by atoms with van der Waals surface area (Å²) in [5.41, 5.74) is -1.11. The molecule has 0 unspecified atom stereocenters. The van der Waals surface area contributed by atoms with E-state index < -0.39 is 45.1 Å². The quantitative estimate of drug-likeness (QED) is 0.613. The average Bonchev–Trinajstić information content (AvgIpc) is 2.62. The molecule has 0 aliphatic rings. The molecule has 11 heteroatoms. The van der Waals surface area contributed by atoms with Crippen LogP contribution in [0.1, 0.15) is 25.8 Å². The van der Waals surface area contributed by atoms with Gasteiger partial charge in [0, 0.05) is 13.1 Å². The van der Waals surface area contributed by atoms with Crippen LogP contribution in [0.5, 0.6) is 0 Å². The minimum absolute atomic E-state index is 0.0367. The van der Waals surface area contributed by atoms with Crippen LogP contribution in [0.4, 0.5) is 13.2 Å². The van der Waals surface area contributed by atoms with Gasteiger partial charge in [0.1, 0.15) is 0 Å². The second-order valence-corrected chi connectivity index (χ2v) is 8.18. The molecule has 0 aromatic heterocycles. The lowest BCUT2D eigenvalue weighted by Gasteiger charge is -2.24. The SMILES string of the molecule is COC(=O)CCN(CC(C)C)C(=O)CNS(=O)(=O)c1cccc(C(F)(F)F)c1. The van der Waals surface area contributed by atoms with Gasteiger partial charge in [0.05, 0.1) is 30.5 Å². The molecule has 1 rings (SSSR count). The number of hydrogen-bond donors (Lipinski definition) is 1. The van der Waals surface area contributed by atoms with Crippen LogP contribution in [0.3, 0.4) is 0 Å². The Morgan fingerprint density at radius 3 is 2.43 bits per heavy atom. The summed E-state index contributed by atoms with van der Waals surface area (Å²) in [6.45, 7) is 3.35. The highest BCUT2D eigenvalue weighted by atomic mass is 32.2. The molecule has 1 amide bonds. The van der Waals surface area contributed by atoms with Crippen molar-refractivity contribution in [2.45, 2.75) is 31.3 Å². The summed E-state index contributed by atoms with van der Waals surface area (Å²) in [5, 5.41) is 0. The number of nitrogens with one attached hydrogen (secondary N) is 1. The van der Waals surface area contributed by atoms with Crippen LogP contribution in [0, 0.1) is 5.92 Å². The van der Waals surface area contributed by atoms with Crippen LogP contribution in [0.15, 0.2) is 29.2 Å². The summed E-state index contributed by atoms with van der Waals surface area (Å²) in [6, 6.07) is 3.23. The Labute approximate surface area is 161 Å². The Hall–Kier alpha value is -2.14. The summed E-state index contributed by atoms with van der Waals surface area (Å²) < 4.78 is 69.3. The lowest BCUT2D eigenvalue weighted by molar-refractivity contribution is -0.142. The number of rotatable bonds is 9. The second-order valence-electron chi connectivity index (χ2n) is 6.41. The number of benzene rings is 1. The van der Waals surface area contributed by atoms with Crippen LogP contribution in [-0.4, -0.2) is 51.9 Å². The van der Waals surface area contributed by atoms with Gasteiger partial charge in [-0.1, -0.05) is 19.9 Å². The number of halogens is 3. The Morgan fingerprint density at radius 2 is 1.89 bits per heavy atom. The molecule has 0 heterocycles. The summed E-state index contributed by atoms with van der Waals surface area (Å²) >= 11 is 0. The highest BCUT2D eigenvalue weighted by Gasteiger charge is 2.31. The molecule has 28 heavy (non-hydrogen) atoms. The molecule has 7 nitrogen and oxygen atoms in total. The number of carbonyl (C=O) groups is 2. The molecule has 0 aliphatic carbocycles. The zero-order valence-electron chi connectivity index (χ0n) is 15.7. The van der Waals surface area contributed by atoms with Crippen molar-refractivity contribution in [3.05, 3.63) is 29.8 Å². The van der Waals surface area contributed by atoms with Gasteiger partial charge in [-0.25, -0.2) is 13.1 Å². The maximum absolute atomic E-state index is 12.8. The predicted molar refractivity (Wildman–Crippen MR) is 94.7 cm³/mol. The highest BCUT2D eigenvalue weighted by molar-refractivity contribution is 7.89. The van der Waals surface area contributed by atoms with E-state index in [1.54, 1.807) is 0 Å². The van der Waals surface area contributed by atoms with Gasteiger partial charge in [-0.2, -0.15) is 13.2 Å². The molecule has 0 fully saturated rings. The molecule has 0 atom stereocenters. The van der Waals surface area contributed by atoms with Crippen LogP contribution >= 0.6 is 0 Å². The number of ether oxygens (including phenoxy) is 1. The van der Waals surface area contributed by atoms with E-state index in [0.717, 1.165) is 18.2 Å². The number of nitrogens with zero attached hydrogens (tertiary/aromatic N) is 1. The van der Waals surface area contributed by atoms with Crippen molar-refractivity contribution in [1.82, 2.24) is 9.62 Å². The number of carbonyl (C=O) groups excluding carboxylic acids is 2. The summed E-state index contributed by atoms with van der Waals surface area (Å²) in [6.07, 6.45) is -4.75. The first kappa shape index (κ1) is 23.9. The molecule has 0 saturated carbocycles. The van der Waals surface area contributed by atoms with Gasteiger partial charge in [-0.15, -0.1) is 0 Å². The van der Waals surface area contributed by atoms with Gasteiger partial charge in [0.15, 0.2) is 0 Å². The van der Waals surface area contributed by atoms with Crippen molar-refractivity contribution in [1.29, 1.82) is 0 Å². The standard InChI is InChI=1S/C17H23F3N2O5S/c1-12(2)11-22(8-7-16(24)27-3)15(23)10-21-28(25,26)14-6-4-5-13(9-14)17(18,19)20/h4-6,9,12,21H,7-8,10-11H2,1-3H3. The van der Waals surface area contributed by atoms with E-state index in [-0.39, 0.29) is 25.4 Å². The molecular formula is C17H23F3N2O5S. The van der Waals surface area contributed by atoms with E-state index in [1.807, 2.05) is 18.6 Å². The van der Waals surface area contributed by atoms with Gasteiger partial charge in [0.2, 0.25) is 15.9 Å². The third kappa shape index (κ3) is 7.47. The van der Waals surface area contributed by atoms with E-state index in [9.17, 15) is 31.2 Å². The largest absolute Gasteiger partial charge is 0.469 e. The fourth-order valence-corrected chi connectivity index (χ4v) is 3.30. The van der Waals surface area contributed by atoms with E-state index in [4.69, 9.17) is 0 Å². The highest BCUT2D eigenvalue weighted by Crippen LogP contribution is 2.30. The molecule has 0 aliphatic heterocycles. The van der Waals surface area contributed by atoms with Crippen molar-refractivity contribution in [3.8, 4) is 0 Å². The van der Waals surface area contributed by atoms with Crippen molar-refractivity contribution >= 4 is 21.9 Å². The third-order valence-corrected chi connectivity index (χ3v) is 5.04. The molecule has 0 spiro atoms. The van der Waals surface area contributed by atoms with Gasteiger partial charge in [-0.3, -0.25) is 9.59 Å². The summed E-state index contributed by atoms with van der Waals surface area (Å²) in [4.78, 5) is 24.3. The minimum Gasteiger partial charge on any atom is -0.469 e. The van der Waals surface area contributed by atoms with E-state index in [0.29, 0.717) is 6.07 Å². The maximum atomic E-state index is 12.8. The van der Waals surface area contributed by atoms with Gasteiger partial charge in [-0.05, 0) is 24.1 Å². The fourth-order valence-electron chi connectivity index (χ4n) is 2.28. The zero-order valence-corrected chi connectivity index (χ0v) is 16.6. The average molecular weight is 424 g/mol. The van der Waals surface area contributed by atoms with Crippen molar-refractivity contribution in [3.63, 3.8) is 0 Å². The number of esters is 1. The first-order chi connectivity index (χ1) is 12.9. The third-order valence-electron chi connectivity index (χ3n) is 3.64. The molecule has 1 N–H and O–H groups in total. The lowest BCUT2D eigenvalue weighted by atomic mass is 10.2. The van der Waals surface area contributed by atoms with Gasteiger partial charge >= 0.3 is 12.1 Å². The number of methoxy groups -OCH3 is 1. The maximum Gasteiger partial charge on any atom is 0.416 e. The molecule has 1 aromatic rings. The van der Waals surface area contributed by atoms with E-state index in [2.05, 4.69) is 4.74 Å². The summed E-state index contributed by atoms with van der Waals surface area (Å²) in [5.74, 6) is -1.07. The van der Waals surface area contributed by atoms with Crippen LogP contribution in [0.25, 0.3) is 0 Å². The van der Waals surface area contributed by atoms with Crippen LogP contribution < -0.4 is 4.72 Å². The number of alkyl halides is 3. The molecule has 0 saturated heterocycles. The van der Waals surface area contributed by atoms with Crippen molar-refractivity contribution < 1.29 is 35.9 Å². The Morgan fingerprint density at radius 1 is 1.25 bits per heavy atom. The molecule has 0 radical (unpaired) electrons. The van der Waals surface area contributed by atoms with Gasteiger partial charge < -0.3 is 9.64 Å². The zero-order chi connectivity index (χ0) is 21.5. The minimum atomic E-state index is -4.69. The molecule has 1 aromatic carbocycles. The van der Waals surface area contributed by atoms with Crippen LogP contribution in [-0.2, 0) is 30.5 Å². The smallest absolute Gasteiger partial charge is 0.416 e. The Kier molecular flexibility index (Phi) is 8.43. The number of amides is 1. The predicted octanol–water partition coefficient (Wildman–Crippen LogP) is 2.03. The monoisotopic (exact) mass is 424 g/mol. The van der Waals surface area contributed by atoms with Gasteiger partial charge in [0.25, 0.3) is 0 Å². The van der Waals surface area contributed by atoms with Crippen molar-refractivity contribution in [2.75, 3.05) is 26.7 Å². The fraction of sp³-hybridized carbons (Fsp3) is 0.529. The molecular weight excluding hydrogens is 401 g/mol. The first-order valence-corrected chi connectivity index (χ1v) is 9.86. The Balaban J connectivity index is 2.85.